The highest BCUT2D eigenvalue weighted by Crippen LogP contribution is 2.30. The maximum atomic E-state index is 12.2. The van der Waals surface area contributed by atoms with Crippen LogP contribution in [0.15, 0.2) is 30.9 Å². The zero-order valence-electron chi connectivity index (χ0n) is 13.3. The molecule has 1 aliphatic rings. The van der Waals surface area contributed by atoms with Crippen LogP contribution in [0, 0.1) is 0 Å². The van der Waals surface area contributed by atoms with Crippen LogP contribution in [0.25, 0.3) is 0 Å². The van der Waals surface area contributed by atoms with Gasteiger partial charge in [0.05, 0.1) is 17.9 Å². The lowest BCUT2D eigenvalue weighted by Gasteiger charge is -2.22. The van der Waals surface area contributed by atoms with Crippen molar-refractivity contribution in [2.24, 2.45) is 5.73 Å². The summed E-state index contributed by atoms with van der Waals surface area (Å²) in [5, 5.41) is 6.86. The Bertz CT molecular complexity index is 722. The second kappa shape index (κ2) is 7.12. The molecule has 2 amide bonds. The minimum absolute atomic E-state index is 0.146. The third kappa shape index (κ3) is 3.70. The number of aryl methyl sites for hydroxylation is 1. The highest BCUT2D eigenvalue weighted by molar-refractivity contribution is 5.99. The topological polar surface area (TPSA) is 106 Å². The van der Waals surface area contributed by atoms with Crippen molar-refractivity contribution in [2.75, 3.05) is 23.3 Å². The van der Waals surface area contributed by atoms with Crippen LogP contribution in [-0.4, -0.2) is 39.7 Å². The molecule has 8 heteroatoms. The summed E-state index contributed by atoms with van der Waals surface area (Å²) in [6.07, 6.45) is 5.51. The Labute approximate surface area is 139 Å². The summed E-state index contributed by atoms with van der Waals surface area (Å²) in [4.78, 5) is 29.7. The molecule has 1 aromatic carbocycles. The minimum Gasteiger partial charge on any atom is -0.370 e. The summed E-state index contributed by atoms with van der Waals surface area (Å²) >= 11 is 0. The Balaban J connectivity index is 1.74. The van der Waals surface area contributed by atoms with E-state index in [1.165, 1.54) is 6.33 Å². The zero-order chi connectivity index (χ0) is 16.9. The van der Waals surface area contributed by atoms with Gasteiger partial charge < -0.3 is 16.0 Å². The van der Waals surface area contributed by atoms with Crippen molar-refractivity contribution in [3.63, 3.8) is 0 Å². The first-order valence-electron chi connectivity index (χ1n) is 7.94. The number of aromatic nitrogens is 3. The molecule has 0 aliphatic carbocycles. The number of primary amides is 1. The van der Waals surface area contributed by atoms with Crippen LogP contribution in [0.4, 0.5) is 11.4 Å². The second-order valence-electron chi connectivity index (χ2n) is 5.75. The van der Waals surface area contributed by atoms with Gasteiger partial charge in [-0.15, -0.1) is 0 Å². The molecule has 0 unspecified atom stereocenters. The Morgan fingerprint density at radius 1 is 1.25 bits per heavy atom. The van der Waals surface area contributed by atoms with Crippen LogP contribution in [0.3, 0.4) is 0 Å². The molecule has 1 aromatic heterocycles. The van der Waals surface area contributed by atoms with Crippen molar-refractivity contribution in [3.8, 4) is 0 Å². The SMILES string of the molecule is NC(=O)c1ccc(N2CCCC2)c(NC(=O)CCn2cncn2)c1. The van der Waals surface area contributed by atoms with Gasteiger partial charge in [0, 0.05) is 25.1 Å². The number of nitrogens with two attached hydrogens (primary N) is 1. The molecule has 3 rings (SSSR count). The van der Waals surface area contributed by atoms with Crippen molar-refractivity contribution in [2.45, 2.75) is 25.8 Å². The monoisotopic (exact) mass is 328 g/mol. The normalized spacial score (nSPS) is 13.9. The molecular formula is C16H20N6O2. The fourth-order valence-corrected chi connectivity index (χ4v) is 2.80. The quantitative estimate of drug-likeness (QED) is 0.823. The molecule has 0 bridgehead atoms. The van der Waals surface area contributed by atoms with Crippen LogP contribution in [0.2, 0.25) is 0 Å². The van der Waals surface area contributed by atoms with E-state index in [0.717, 1.165) is 31.6 Å². The Hall–Kier alpha value is -2.90. The van der Waals surface area contributed by atoms with E-state index in [4.69, 9.17) is 5.73 Å². The highest BCUT2D eigenvalue weighted by atomic mass is 16.2. The van der Waals surface area contributed by atoms with Gasteiger partial charge in [-0.2, -0.15) is 5.10 Å². The largest absolute Gasteiger partial charge is 0.370 e. The predicted molar refractivity (Wildman–Crippen MR) is 89.7 cm³/mol. The van der Waals surface area contributed by atoms with Gasteiger partial charge in [-0.1, -0.05) is 0 Å². The summed E-state index contributed by atoms with van der Waals surface area (Å²) in [5.41, 5.74) is 7.28. The number of carbonyl (C=O) groups excluding carboxylic acids is 2. The number of hydrogen-bond donors (Lipinski definition) is 2. The van der Waals surface area contributed by atoms with E-state index < -0.39 is 5.91 Å². The maximum Gasteiger partial charge on any atom is 0.248 e. The van der Waals surface area contributed by atoms with Gasteiger partial charge in [0.2, 0.25) is 11.8 Å². The molecule has 126 valence electrons. The lowest BCUT2D eigenvalue weighted by Crippen LogP contribution is -2.22. The van der Waals surface area contributed by atoms with Gasteiger partial charge in [0.1, 0.15) is 12.7 Å². The van der Waals surface area contributed by atoms with Crippen molar-refractivity contribution in [1.29, 1.82) is 0 Å². The summed E-state index contributed by atoms with van der Waals surface area (Å²) < 4.78 is 1.60. The Morgan fingerprint density at radius 2 is 2.04 bits per heavy atom. The van der Waals surface area contributed by atoms with Crippen molar-refractivity contribution in [1.82, 2.24) is 14.8 Å². The lowest BCUT2D eigenvalue weighted by molar-refractivity contribution is -0.116. The number of carbonyl (C=O) groups is 2. The average molecular weight is 328 g/mol. The molecule has 1 fully saturated rings. The van der Waals surface area contributed by atoms with Crippen molar-refractivity contribution in [3.05, 3.63) is 36.4 Å². The van der Waals surface area contributed by atoms with Crippen LogP contribution < -0.4 is 16.0 Å². The minimum atomic E-state index is -0.513. The second-order valence-corrected chi connectivity index (χ2v) is 5.75. The maximum absolute atomic E-state index is 12.2. The first-order valence-corrected chi connectivity index (χ1v) is 7.94. The van der Waals surface area contributed by atoms with Gasteiger partial charge in [0.25, 0.3) is 0 Å². The van der Waals surface area contributed by atoms with Crippen LogP contribution in [-0.2, 0) is 11.3 Å². The third-order valence-corrected chi connectivity index (χ3v) is 4.04. The van der Waals surface area contributed by atoms with Gasteiger partial charge in [-0.25, -0.2) is 4.98 Å². The summed E-state index contributed by atoms with van der Waals surface area (Å²) in [5.74, 6) is -0.659. The van der Waals surface area contributed by atoms with Gasteiger partial charge in [0.15, 0.2) is 0 Å². The highest BCUT2D eigenvalue weighted by Gasteiger charge is 2.18. The lowest BCUT2D eigenvalue weighted by atomic mass is 10.1. The molecule has 0 saturated carbocycles. The fraction of sp³-hybridized carbons (Fsp3) is 0.375. The van der Waals surface area contributed by atoms with Crippen LogP contribution in [0.5, 0.6) is 0 Å². The van der Waals surface area contributed by atoms with E-state index in [0.29, 0.717) is 17.8 Å². The van der Waals surface area contributed by atoms with Crippen LogP contribution >= 0.6 is 0 Å². The molecule has 3 N–H and O–H groups in total. The first kappa shape index (κ1) is 16.0. The van der Waals surface area contributed by atoms with E-state index in [1.807, 2.05) is 6.07 Å². The number of nitrogens with zero attached hydrogens (tertiary/aromatic N) is 4. The number of hydrogen-bond acceptors (Lipinski definition) is 5. The molecule has 1 saturated heterocycles. The summed E-state index contributed by atoms with van der Waals surface area (Å²) in [7, 11) is 0. The number of nitrogens with one attached hydrogen (secondary N) is 1. The first-order chi connectivity index (χ1) is 11.6. The molecule has 8 nitrogen and oxygen atoms in total. The fourth-order valence-electron chi connectivity index (χ4n) is 2.80. The number of amides is 2. The van der Waals surface area contributed by atoms with Gasteiger partial charge in [-0.3, -0.25) is 14.3 Å². The number of anilines is 2. The van der Waals surface area contributed by atoms with Crippen molar-refractivity contribution >= 4 is 23.2 Å². The third-order valence-electron chi connectivity index (χ3n) is 4.04. The van der Waals surface area contributed by atoms with Crippen molar-refractivity contribution < 1.29 is 9.59 Å². The standard InChI is InChI=1S/C16H20N6O2/c17-16(24)12-3-4-14(21-6-1-2-7-21)13(9-12)20-15(23)5-8-22-11-18-10-19-22/h3-4,9-11H,1-2,5-8H2,(H2,17,24)(H,20,23). The van der Waals surface area contributed by atoms with E-state index in [9.17, 15) is 9.59 Å². The van der Waals surface area contributed by atoms with E-state index in [-0.39, 0.29) is 12.3 Å². The summed E-state index contributed by atoms with van der Waals surface area (Å²) in [6, 6.07) is 5.18. The number of rotatable bonds is 6. The molecule has 1 aliphatic heterocycles. The zero-order valence-corrected chi connectivity index (χ0v) is 13.3. The molecule has 2 heterocycles. The molecule has 0 radical (unpaired) electrons. The van der Waals surface area contributed by atoms with E-state index in [1.54, 1.807) is 23.1 Å². The molecule has 24 heavy (non-hydrogen) atoms. The smallest absolute Gasteiger partial charge is 0.248 e. The van der Waals surface area contributed by atoms with Gasteiger partial charge >= 0.3 is 0 Å². The van der Waals surface area contributed by atoms with Crippen LogP contribution in [0.1, 0.15) is 29.6 Å². The molecule has 0 spiro atoms. The predicted octanol–water partition coefficient (Wildman–Crippen LogP) is 1.01. The Kier molecular flexibility index (Phi) is 4.74. The molecule has 0 atom stereocenters. The average Bonchev–Trinajstić information content (AvgIpc) is 3.26. The van der Waals surface area contributed by atoms with E-state index in [2.05, 4.69) is 20.3 Å². The summed E-state index contributed by atoms with van der Waals surface area (Å²) in [6.45, 7) is 2.33. The molecule has 2 aromatic rings. The Morgan fingerprint density at radius 3 is 2.71 bits per heavy atom. The molecular weight excluding hydrogens is 308 g/mol. The van der Waals surface area contributed by atoms with E-state index >= 15 is 0 Å². The number of benzene rings is 1. The van der Waals surface area contributed by atoms with Gasteiger partial charge in [-0.05, 0) is 31.0 Å².